The number of anilines is 2. The molecule has 2 N–H and O–H groups in total. The number of benzene rings is 2. The zero-order chi connectivity index (χ0) is 21.3. The number of carbonyl (C=O) groups excluding carboxylic acids is 1. The molecule has 2 aromatic carbocycles. The molecule has 152 valence electrons. The highest BCUT2D eigenvalue weighted by Crippen LogP contribution is 2.22. The van der Waals surface area contributed by atoms with Gasteiger partial charge in [-0.3, -0.25) is 14.2 Å². The molecule has 0 aliphatic rings. The molecule has 9 heteroatoms. The number of carbonyl (C=O) groups is 1. The lowest BCUT2D eigenvalue weighted by Crippen LogP contribution is -2.31. The van der Waals surface area contributed by atoms with Crippen LogP contribution in [0, 0.1) is 0 Å². The molecular formula is C21H19N5O4. The van der Waals surface area contributed by atoms with E-state index in [1.807, 2.05) is 42.5 Å². The number of rotatable bonds is 5. The van der Waals surface area contributed by atoms with Gasteiger partial charge in [0.1, 0.15) is 12.0 Å². The van der Waals surface area contributed by atoms with Crippen molar-refractivity contribution in [3.05, 3.63) is 76.5 Å². The molecule has 9 nitrogen and oxygen atoms in total. The number of aromatic hydroxyl groups is 1. The van der Waals surface area contributed by atoms with Crippen molar-refractivity contribution in [3.63, 3.8) is 0 Å². The van der Waals surface area contributed by atoms with Gasteiger partial charge in [0.2, 0.25) is 11.7 Å². The van der Waals surface area contributed by atoms with E-state index in [2.05, 4.69) is 20.0 Å². The van der Waals surface area contributed by atoms with E-state index >= 15 is 0 Å². The second-order valence-electron chi connectivity index (χ2n) is 6.83. The van der Waals surface area contributed by atoms with Crippen molar-refractivity contribution in [2.45, 2.75) is 6.54 Å². The smallest absolute Gasteiger partial charge is 0.297 e. The molecule has 0 unspecified atom stereocenters. The van der Waals surface area contributed by atoms with Gasteiger partial charge in [0.25, 0.3) is 11.5 Å². The van der Waals surface area contributed by atoms with E-state index in [1.165, 1.54) is 24.1 Å². The fourth-order valence-electron chi connectivity index (χ4n) is 3.29. The van der Waals surface area contributed by atoms with Gasteiger partial charge in [-0.05, 0) is 16.3 Å². The first kappa shape index (κ1) is 19.2. The Morgan fingerprint density at radius 1 is 1.23 bits per heavy atom. The molecule has 0 aliphatic carbocycles. The lowest BCUT2D eigenvalue weighted by Gasteiger charge is -2.22. The number of hydrogen-bond acceptors (Lipinski definition) is 7. The fourth-order valence-corrected chi connectivity index (χ4v) is 3.29. The third kappa shape index (κ3) is 3.48. The van der Waals surface area contributed by atoms with E-state index in [0.29, 0.717) is 6.54 Å². The summed E-state index contributed by atoms with van der Waals surface area (Å²) in [5, 5.41) is 18.4. The van der Waals surface area contributed by atoms with Gasteiger partial charge < -0.3 is 19.8 Å². The van der Waals surface area contributed by atoms with Crippen LogP contribution >= 0.6 is 0 Å². The van der Waals surface area contributed by atoms with Crippen LogP contribution in [0.15, 0.2) is 64.2 Å². The van der Waals surface area contributed by atoms with Crippen molar-refractivity contribution in [2.24, 2.45) is 7.05 Å². The number of aromatic nitrogens is 3. The van der Waals surface area contributed by atoms with Crippen molar-refractivity contribution < 1.29 is 14.4 Å². The maximum atomic E-state index is 12.5. The lowest BCUT2D eigenvalue weighted by atomic mass is 10.0. The van der Waals surface area contributed by atoms with E-state index in [1.54, 1.807) is 11.9 Å². The minimum Gasteiger partial charge on any atom is -0.501 e. The molecule has 1 amide bonds. The van der Waals surface area contributed by atoms with Crippen LogP contribution in [0.4, 0.5) is 11.6 Å². The molecule has 2 aromatic heterocycles. The first-order valence-corrected chi connectivity index (χ1v) is 9.14. The zero-order valence-electron chi connectivity index (χ0n) is 16.4. The Bertz CT molecular complexity index is 1280. The first-order valence-electron chi connectivity index (χ1n) is 9.14. The van der Waals surface area contributed by atoms with Crippen LogP contribution in [0.5, 0.6) is 5.75 Å². The standard InChI is InChI=1S/C21H19N5O4/c1-25(11-14-8-5-7-13-6-3-4-9-16(13)14)21-24-17(18(27)20(29)26(21)2)19(28)23-15-10-22-30-12-15/h3-10,12,27H,11H2,1-2H3,(H,23,28). The summed E-state index contributed by atoms with van der Waals surface area (Å²) < 4.78 is 5.87. The summed E-state index contributed by atoms with van der Waals surface area (Å²) in [6.07, 6.45) is 2.52. The molecular weight excluding hydrogens is 386 g/mol. The highest BCUT2D eigenvalue weighted by molar-refractivity contribution is 6.04. The van der Waals surface area contributed by atoms with Gasteiger partial charge in [0.05, 0.1) is 6.20 Å². The normalized spacial score (nSPS) is 10.9. The van der Waals surface area contributed by atoms with Crippen molar-refractivity contribution in [1.29, 1.82) is 0 Å². The van der Waals surface area contributed by atoms with Crippen LogP contribution in [0.25, 0.3) is 10.8 Å². The fraction of sp³-hybridized carbons (Fsp3) is 0.143. The summed E-state index contributed by atoms with van der Waals surface area (Å²) in [6, 6.07) is 14.0. The third-order valence-corrected chi connectivity index (χ3v) is 4.78. The Labute approximate surface area is 171 Å². The first-order chi connectivity index (χ1) is 14.5. The molecule has 2 heterocycles. The average Bonchev–Trinajstić information content (AvgIpc) is 3.25. The molecule has 4 aromatic rings. The molecule has 0 spiro atoms. The molecule has 0 atom stereocenters. The van der Waals surface area contributed by atoms with E-state index in [0.717, 1.165) is 16.3 Å². The summed E-state index contributed by atoms with van der Waals surface area (Å²) in [5.74, 6) is -1.23. The molecule has 0 saturated heterocycles. The second-order valence-corrected chi connectivity index (χ2v) is 6.83. The highest BCUT2D eigenvalue weighted by Gasteiger charge is 2.22. The van der Waals surface area contributed by atoms with Crippen LogP contribution in [0.3, 0.4) is 0 Å². The topological polar surface area (TPSA) is 113 Å². The Morgan fingerprint density at radius 2 is 2.00 bits per heavy atom. The van der Waals surface area contributed by atoms with E-state index in [4.69, 9.17) is 0 Å². The number of nitrogens with one attached hydrogen (secondary N) is 1. The van der Waals surface area contributed by atoms with Gasteiger partial charge in [0.15, 0.2) is 5.69 Å². The molecule has 0 radical (unpaired) electrons. The molecule has 0 aliphatic heterocycles. The van der Waals surface area contributed by atoms with Crippen molar-refractivity contribution in [1.82, 2.24) is 14.7 Å². The summed E-state index contributed by atoms with van der Waals surface area (Å²) in [6.45, 7) is 0.444. The van der Waals surface area contributed by atoms with Crippen LogP contribution in [0.1, 0.15) is 16.1 Å². The van der Waals surface area contributed by atoms with E-state index in [9.17, 15) is 14.7 Å². The SMILES string of the molecule is CN(Cc1cccc2ccccc12)c1nc(C(=O)Nc2cnoc2)c(O)c(=O)n1C. The maximum Gasteiger partial charge on any atom is 0.297 e. The number of nitrogens with zero attached hydrogens (tertiary/aromatic N) is 4. The number of fused-ring (bicyclic) bond motifs is 1. The predicted molar refractivity (Wildman–Crippen MR) is 112 cm³/mol. The Hall–Kier alpha value is -4.14. The summed E-state index contributed by atoms with van der Waals surface area (Å²) in [7, 11) is 3.26. The van der Waals surface area contributed by atoms with Crippen LogP contribution < -0.4 is 15.8 Å². The molecule has 0 fully saturated rings. The second kappa shape index (κ2) is 7.70. The summed E-state index contributed by atoms with van der Waals surface area (Å²) >= 11 is 0. The number of amides is 1. The molecule has 0 bridgehead atoms. The Kier molecular flexibility index (Phi) is 4.93. The molecule has 30 heavy (non-hydrogen) atoms. The third-order valence-electron chi connectivity index (χ3n) is 4.78. The van der Waals surface area contributed by atoms with Gasteiger partial charge in [0, 0.05) is 20.6 Å². The van der Waals surface area contributed by atoms with E-state index < -0.39 is 17.2 Å². The van der Waals surface area contributed by atoms with Gasteiger partial charge >= 0.3 is 0 Å². The van der Waals surface area contributed by atoms with Gasteiger partial charge in [-0.1, -0.05) is 47.6 Å². The number of hydrogen-bond donors (Lipinski definition) is 2. The minimum absolute atomic E-state index is 0.237. The monoisotopic (exact) mass is 405 g/mol. The van der Waals surface area contributed by atoms with Crippen LogP contribution in [-0.2, 0) is 13.6 Å². The van der Waals surface area contributed by atoms with Crippen molar-refractivity contribution in [3.8, 4) is 5.75 Å². The van der Waals surface area contributed by atoms with Crippen LogP contribution in [-0.4, -0.2) is 32.8 Å². The van der Waals surface area contributed by atoms with Gasteiger partial charge in [-0.15, -0.1) is 0 Å². The lowest BCUT2D eigenvalue weighted by molar-refractivity contribution is 0.101. The van der Waals surface area contributed by atoms with Gasteiger partial charge in [-0.25, -0.2) is 4.98 Å². The zero-order valence-corrected chi connectivity index (χ0v) is 16.4. The summed E-state index contributed by atoms with van der Waals surface area (Å²) in [5.41, 5.74) is 0.222. The maximum absolute atomic E-state index is 12.5. The summed E-state index contributed by atoms with van der Waals surface area (Å²) in [4.78, 5) is 31.1. The largest absolute Gasteiger partial charge is 0.501 e. The predicted octanol–water partition coefficient (Wildman–Crippen LogP) is 2.52. The van der Waals surface area contributed by atoms with Crippen LogP contribution in [0.2, 0.25) is 0 Å². The van der Waals surface area contributed by atoms with E-state index in [-0.39, 0.29) is 17.3 Å². The highest BCUT2D eigenvalue weighted by atomic mass is 16.5. The molecule has 0 saturated carbocycles. The Balaban J connectivity index is 1.70. The van der Waals surface area contributed by atoms with Crippen molar-refractivity contribution in [2.75, 3.05) is 17.3 Å². The van der Waals surface area contributed by atoms with Crippen molar-refractivity contribution >= 4 is 28.3 Å². The average molecular weight is 405 g/mol. The molecule has 4 rings (SSSR count). The van der Waals surface area contributed by atoms with Gasteiger partial charge in [-0.2, -0.15) is 0 Å². The quantitative estimate of drug-likeness (QED) is 0.524. The Morgan fingerprint density at radius 3 is 2.77 bits per heavy atom. The minimum atomic E-state index is -0.742.